The van der Waals surface area contributed by atoms with Gasteiger partial charge < -0.3 is 14.5 Å². The lowest BCUT2D eigenvalue weighted by Gasteiger charge is -2.34. The number of halogens is 4. The van der Waals surface area contributed by atoms with E-state index < -0.39 is 23.8 Å². The lowest BCUT2D eigenvalue weighted by molar-refractivity contribution is -0.270. The van der Waals surface area contributed by atoms with Gasteiger partial charge >= 0.3 is 6.18 Å². The number of amides is 1. The molecule has 1 aliphatic rings. The Balaban J connectivity index is 2.25. The molecule has 132 valence electrons. The molecule has 0 saturated carbocycles. The van der Waals surface area contributed by atoms with E-state index >= 15 is 0 Å². The summed E-state index contributed by atoms with van der Waals surface area (Å²) >= 11 is 5.90. The summed E-state index contributed by atoms with van der Waals surface area (Å²) in [5, 5.41) is 2.53. The summed E-state index contributed by atoms with van der Waals surface area (Å²) in [6.45, 7) is 1.25. The molecule has 2 aromatic rings. The van der Waals surface area contributed by atoms with Gasteiger partial charge in [0, 0.05) is 16.3 Å². The Kier molecular flexibility index (Phi) is 4.38. The van der Waals surface area contributed by atoms with Gasteiger partial charge in [0.25, 0.3) is 5.91 Å². The fraction of sp³-hybridized carbons (Fsp3) is 0.235. The Morgan fingerprint density at radius 3 is 2.72 bits per heavy atom. The first kappa shape index (κ1) is 17.6. The monoisotopic (exact) mass is 371 g/mol. The van der Waals surface area contributed by atoms with E-state index in [1.165, 1.54) is 31.4 Å². The second-order valence-electron chi connectivity index (χ2n) is 5.52. The van der Waals surface area contributed by atoms with E-state index in [0.717, 1.165) is 18.2 Å². The molecule has 8 heteroatoms. The normalized spacial score (nSPS) is 24.0. The van der Waals surface area contributed by atoms with Crippen LogP contribution in [0.25, 0.3) is 6.08 Å². The van der Waals surface area contributed by atoms with Crippen LogP contribution >= 0.6 is 11.6 Å². The molecule has 0 radical (unpaired) electrons. The first-order chi connectivity index (χ1) is 11.7. The van der Waals surface area contributed by atoms with Gasteiger partial charge in [0.05, 0.1) is 6.26 Å². The third-order valence-electron chi connectivity index (χ3n) is 3.82. The highest BCUT2D eigenvalue weighted by atomic mass is 35.5. The number of nitrogens with one attached hydrogen (secondary N) is 1. The van der Waals surface area contributed by atoms with Gasteiger partial charge in [-0.05, 0) is 49.4 Å². The van der Waals surface area contributed by atoms with Gasteiger partial charge in [0.1, 0.15) is 11.9 Å². The zero-order valence-corrected chi connectivity index (χ0v) is 13.7. The fourth-order valence-electron chi connectivity index (χ4n) is 2.59. The van der Waals surface area contributed by atoms with Crippen LogP contribution in [0.5, 0.6) is 0 Å². The number of anilines is 1. The number of hydrogen-bond donors (Lipinski definition) is 1. The molecule has 2 heterocycles. The highest BCUT2D eigenvalue weighted by molar-refractivity contribution is 6.30. The van der Waals surface area contributed by atoms with Crippen LogP contribution in [-0.4, -0.2) is 18.2 Å². The first-order valence-corrected chi connectivity index (χ1v) is 7.69. The molecule has 25 heavy (non-hydrogen) atoms. The van der Waals surface area contributed by atoms with E-state index in [1.807, 2.05) is 0 Å². The summed E-state index contributed by atoms with van der Waals surface area (Å²) < 4.78 is 52.7. The molecule has 2 atom stereocenters. The molecule has 1 amide bonds. The van der Waals surface area contributed by atoms with Crippen molar-refractivity contribution in [1.82, 2.24) is 0 Å². The van der Waals surface area contributed by atoms with E-state index in [1.54, 1.807) is 6.07 Å². The molecule has 1 aromatic carbocycles. The summed E-state index contributed by atoms with van der Waals surface area (Å²) in [5.41, 5.74) is -3.17. The topological polar surface area (TPSA) is 51.5 Å². The minimum atomic E-state index is -4.85. The highest BCUT2D eigenvalue weighted by Gasteiger charge is 2.59. The smallest absolute Gasteiger partial charge is 0.425 e. The molecule has 0 spiro atoms. The van der Waals surface area contributed by atoms with Crippen molar-refractivity contribution in [2.75, 3.05) is 5.32 Å². The number of carbonyl (C=O) groups is 1. The average molecular weight is 372 g/mol. The van der Waals surface area contributed by atoms with Crippen LogP contribution < -0.4 is 5.32 Å². The predicted octanol–water partition coefficient (Wildman–Crippen LogP) is 4.76. The number of alkyl halides is 3. The van der Waals surface area contributed by atoms with Gasteiger partial charge in [-0.1, -0.05) is 11.6 Å². The molecule has 3 rings (SSSR count). The molecule has 1 aromatic heterocycles. The molecule has 0 bridgehead atoms. The summed E-state index contributed by atoms with van der Waals surface area (Å²) in [6.07, 6.45) is -2.87. The van der Waals surface area contributed by atoms with Gasteiger partial charge in [-0.25, -0.2) is 0 Å². The summed E-state index contributed by atoms with van der Waals surface area (Å²) in [6, 6.07) is 6.90. The molecule has 4 nitrogen and oxygen atoms in total. The third-order valence-corrected chi connectivity index (χ3v) is 4.05. The number of hydrogen-bond acceptors (Lipinski definition) is 3. The zero-order chi connectivity index (χ0) is 18.2. The van der Waals surface area contributed by atoms with Crippen LogP contribution in [0.3, 0.4) is 0 Å². The third kappa shape index (κ3) is 3.17. The van der Waals surface area contributed by atoms with E-state index in [4.69, 9.17) is 20.8 Å². The maximum absolute atomic E-state index is 14.1. The Morgan fingerprint density at radius 1 is 1.32 bits per heavy atom. The van der Waals surface area contributed by atoms with Crippen LogP contribution in [-0.2, 0) is 15.1 Å². The SMILES string of the molecule is CC1OC(C=Cc2ccco2)(C(F)(F)F)c2cc(Cl)ccc2NC1=O. The number of benzene rings is 1. The van der Waals surface area contributed by atoms with Crippen molar-refractivity contribution in [2.24, 2.45) is 0 Å². The molecule has 2 unspecified atom stereocenters. The number of carbonyl (C=O) groups excluding carboxylic acids is 1. The van der Waals surface area contributed by atoms with Crippen molar-refractivity contribution < 1.29 is 27.1 Å². The summed E-state index contributed by atoms with van der Waals surface area (Å²) in [4.78, 5) is 12.0. The van der Waals surface area contributed by atoms with Crippen LogP contribution in [0.15, 0.2) is 47.1 Å². The number of fused-ring (bicyclic) bond motifs is 1. The second-order valence-corrected chi connectivity index (χ2v) is 5.96. The average Bonchev–Trinajstić information content (AvgIpc) is 3.01. The van der Waals surface area contributed by atoms with E-state index in [9.17, 15) is 18.0 Å². The number of rotatable bonds is 2. The van der Waals surface area contributed by atoms with E-state index in [0.29, 0.717) is 0 Å². The maximum atomic E-state index is 14.1. The minimum Gasteiger partial charge on any atom is -0.465 e. The van der Waals surface area contributed by atoms with Gasteiger partial charge in [-0.2, -0.15) is 13.2 Å². The van der Waals surface area contributed by atoms with Crippen molar-refractivity contribution in [3.8, 4) is 0 Å². The largest absolute Gasteiger partial charge is 0.465 e. The molecule has 0 aliphatic carbocycles. The standard InChI is InChI=1S/C17H13ClF3NO3/c1-10-15(23)22-14-5-4-11(18)9-13(14)16(25-10,17(19,20)21)7-6-12-3-2-8-24-12/h2-10H,1H3,(H,22,23). The van der Waals surface area contributed by atoms with Gasteiger partial charge in [0.15, 0.2) is 0 Å². The fourth-order valence-corrected chi connectivity index (χ4v) is 2.76. The second kappa shape index (κ2) is 6.24. The Hall–Kier alpha value is -2.25. The quantitative estimate of drug-likeness (QED) is 0.828. The van der Waals surface area contributed by atoms with Crippen molar-refractivity contribution in [3.63, 3.8) is 0 Å². The summed E-state index contributed by atoms with van der Waals surface area (Å²) in [7, 11) is 0. The minimum absolute atomic E-state index is 0.0137. The first-order valence-electron chi connectivity index (χ1n) is 7.31. The van der Waals surface area contributed by atoms with Gasteiger partial charge in [0.2, 0.25) is 5.60 Å². The van der Waals surface area contributed by atoms with E-state index in [-0.39, 0.29) is 22.0 Å². The van der Waals surface area contributed by atoms with Gasteiger partial charge in [-0.15, -0.1) is 0 Å². The zero-order valence-electron chi connectivity index (χ0n) is 12.9. The highest BCUT2D eigenvalue weighted by Crippen LogP contribution is 2.49. The molecule has 0 saturated heterocycles. The van der Waals surface area contributed by atoms with Crippen LogP contribution in [0.1, 0.15) is 18.2 Å². The van der Waals surface area contributed by atoms with Gasteiger partial charge in [-0.3, -0.25) is 4.79 Å². The number of ether oxygens (including phenoxy) is 1. The predicted molar refractivity (Wildman–Crippen MR) is 86.1 cm³/mol. The number of furan rings is 1. The Bertz CT molecular complexity index is 817. The molecular weight excluding hydrogens is 359 g/mol. The molecule has 1 N–H and O–H groups in total. The van der Waals surface area contributed by atoms with Crippen molar-refractivity contribution in [1.29, 1.82) is 0 Å². The lowest BCUT2D eigenvalue weighted by atomic mass is 9.90. The lowest BCUT2D eigenvalue weighted by Crippen LogP contribution is -2.45. The van der Waals surface area contributed by atoms with Crippen LogP contribution in [0, 0.1) is 0 Å². The Labute approximate surface area is 146 Å². The van der Waals surface area contributed by atoms with Crippen LogP contribution in [0.2, 0.25) is 5.02 Å². The van der Waals surface area contributed by atoms with Crippen LogP contribution in [0.4, 0.5) is 18.9 Å². The van der Waals surface area contributed by atoms with Crippen molar-refractivity contribution in [3.05, 3.63) is 59.0 Å². The van der Waals surface area contributed by atoms with E-state index in [2.05, 4.69) is 5.32 Å². The van der Waals surface area contributed by atoms with Crippen molar-refractivity contribution >= 4 is 29.3 Å². The maximum Gasteiger partial charge on any atom is 0.425 e. The summed E-state index contributed by atoms with van der Waals surface area (Å²) in [5.74, 6) is -0.465. The van der Waals surface area contributed by atoms with Crippen molar-refractivity contribution in [2.45, 2.75) is 24.8 Å². The Morgan fingerprint density at radius 2 is 2.08 bits per heavy atom. The molecular formula is C17H13ClF3NO3. The molecule has 0 fully saturated rings. The molecule has 1 aliphatic heterocycles.